The molecule has 1 nitrogen and oxygen atoms in total. The van der Waals surface area contributed by atoms with Crippen molar-refractivity contribution in [2.75, 3.05) is 0 Å². The van der Waals surface area contributed by atoms with Crippen molar-refractivity contribution in [3.05, 3.63) is 35.5 Å². The maximum atomic E-state index is 13.0. The molecule has 0 radical (unpaired) electrons. The number of nitrogens with zero attached hydrogens (tertiary/aromatic N) is 1. The molecule has 0 N–H and O–H groups in total. The van der Waals surface area contributed by atoms with E-state index < -0.39 is 11.9 Å². The summed E-state index contributed by atoms with van der Waals surface area (Å²) in [4.78, 5) is 0. The van der Waals surface area contributed by atoms with Crippen molar-refractivity contribution in [3.8, 4) is 12.3 Å². The Labute approximate surface area is 96.9 Å². The van der Waals surface area contributed by atoms with E-state index in [0.717, 1.165) is 4.57 Å². The van der Waals surface area contributed by atoms with E-state index >= 15 is 0 Å². The van der Waals surface area contributed by atoms with E-state index in [2.05, 4.69) is 5.92 Å². The van der Waals surface area contributed by atoms with Crippen molar-refractivity contribution in [3.63, 3.8) is 0 Å². The molecule has 2 aromatic rings. The summed E-state index contributed by atoms with van der Waals surface area (Å²) in [5, 5.41) is 0.593. The molecule has 0 unspecified atom stereocenters. The molecule has 0 saturated carbocycles. The number of alkyl halides is 3. The second kappa shape index (κ2) is 3.85. The predicted molar refractivity (Wildman–Crippen MR) is 60.5 cm³/mol. The first kappa shape index (κ1) is 11.6. The van der Waals surface area contributed by atoms with Gasteiger partial charge in [0.1, 0.15) is 5.69 Å². The first-order chi connectivity index (χ1) is 7.96. The molecule has 0 aliphatic heterocycles. The highest BCUT2D eigenvalue weighted by molar-refractivity contribution is 5.85. The summed E-state index contributed by atoms with van der Waals surface area (Å²) in [7, 11) is 0. The number of benzene rings is 1. The van der Waals surface area contributed by atoms with Crippen LogP contribution in [0.25, 0.3) is 10.9 Å². The Bertz CT molecular complexity index is 599. The highest BCUT2D eigenvalue weighted by Crippen LogP contribution is 2.37. The van der Waals surface area contributed by atoms with E-state index in [9.17, 15) is 13.2 Å². The van der Waals surface area contributed by atoms with E-state index in [0.29, 0.717) is 10.9 Å². The molecular formula is C13H10F3N. The first-order valence-corrected chi connectivity index (χ1v) is 5.05. The molecule has 17 heavy (non-hydrogen) atoms. The van der Waals surface area contributed by atoms with Gasteiger partial charge in [0.2, 0.25) is 0 Å². The number of hydrogen-bond acceptors (Lipinski definition) is 0. The van der Waals surface area contributed by atoms with Gasteiger partial charge in [0.25, 0.3) is 0 Å². The third kappa shape index (κ3) is 1.78. The Morgan fingerprint density at radius 2 is 1.94 bits per heavy atom. The molecule has 0 aliphatic carbocycles. The maximum absolute atomic E-state index is 13.0. The number of aryl methyl sites for hydroxylation is 1. The zero-order valence-electron chi connectivity index (χ0n) is 9.17. The SMILES string of the molecule is C#CCn1c(C(F)(F)F)c(C)c2ccccc21. The minimum atomic E-state index is -4.39. The molecular weight excluding hydrogens is 227 g/mol. The lowest BCUT2D eigenvalue weighted by atomic mass is 10.1. The largest absolute Gasteiger partial charge is 0.431 e. The van der Waals surface area contributed by atoms with Gasteiger partial charge in [-0.3, -0.25) is 0 Å². The molecule has 4 heteroatoms. The third-order valence-corrected chi connectivity index (χ3v) is 2.74. The molecule has 2 rings (SSSR count). The number of terminal acetylenes is 1. The smallest absolute Gasteiger partial charge is 0.325 e. The maximum Gasteiger partial charge on any atom is 0.431 e. The quantitative estimate of drug-likeness (QED) is 0.668. The van der Waals surface area contributed by atoms with Crippen LogP contribution in [0.3, 0.4) is 0 Å². The molecule has 0 saturated heterocycles. The zero-order valence-corrected chi connectivity index (χ0v) is 9.17. The van der Waals surface area contributed by atoms with Crippen LogP contribution in [0, 0.1) is 19.3 Å². The lowest BCUT2D eigenvalue weighted by molar-refractivity contribution is -0.143. The van der Waals surface area contributed by atoms with Gasteiger partial charge < -0.3 is 4.57 Å². The minimum absolute atomic E-state index is 0.0802. The van der Waals surface area contributed by atoms with E-state index in [-0.39, 0.29) is 12.1 Å². The van der Waals surface area contributed by atoms with Crippen LogP contribution >= 0.6 is 0 Å². The number of hydrogen-bond donors (Lipinski definition) is 0. The van der Waals surface area contributed by atoms with Crippen LogP contribution in [0.1, 0.15) is 11.3 Å². The van der Waals surface area contributed by atoms with Crippen LogP contribution < -0.4 is 0 Å². The van der Waals surface area contributed by atoms with E-state index in [4.69, 9.17) is 6.42 Å². The minimum Gasteiger partial charge on any atom is -0.325 e. The summed E-state index contributed by atoms with van der Waals surface area (Å²) in [5.41, 5.74) is 0.0928. The molecule has 0 fully saturated rings. The second-order valence-corrected chi connectivity index (χ2v) is 3.78. The molecule has 0 aliphatic rings. The molecule has 0 spiro atoms. The Kier molecular flexibility index (Phi) is 2.62. The number of halogens is 3. The monoisotopic (exact) mass is 237 g/mol. The number of para-hydroxylation sites is 1. The van der Waals surface area contributed by atoms with Crippen LogP contribution in [0.4, 0.5) is 13.2 Å². The number of fused-ring (bicyclic) bond motifs is 1. The van der Waals surface area contributed by atoms with E-state index in [1.807, 2.05) is 0 Å². The molecule has 1 aromatic heterocycles. The highest BCUT2D eigenvalue weighted by Gasteiger charge is 2.37. The summed E-state index contributed by atoms with van der Waals surface area (Å²) < 4.78 is 40.1. The molecule has 88 valence electrons. The van der Waals surface area contributed by atoms with Gasteiger partial charge in [0, 0.05) is 10.9 Å². The first-order valence-electron chi connectivity index (χ1n) is 5.05. The van der Waals surface area contributed by atoms with Crippen LogP contribution in [-0.2, 0) is 12.7 Å². The topological polar surface area (TPSA) is 4.93 Å². The Morgan fingerprint density at radius 1 is 1.29 bits per heavy atom. The summed E-state index contributed by atoms with van der Waals surface area (Å²) in [6.45, 7) is 1.39. The number of aromatic nitrogens is 1. The van der Waals surface area contributed by atoms with Crippen LogP contribution in [0.2, 0.25) is 0 Å². The third-order valence-electron chi connectivity index (χ3n) is 2.74. The van der Waals surface area contributed by atoms with Crippen molar-refractivity contribution >= 4 is 10.9 Å². The van der Waals surface area contributed by atoms with E-state index in [1.165, 1.54) is 6.92 Å². The second-order valence-electron chi connectivity index (χ2n) is 3.78. The highest BCUT2D eigenvalue weighted by atomic mass is 19.4. The lowest BCUT2D eigenvalue weighted by Gasteiger charge is -2.11. The average Bonchev–Trinajstić information content (AvgIpc) is 2.53. The van der Waals surface area contributed by atoms with Gasteiger partial charge in [-0.25, -0.2) is 0 Å². The Morgan fingerprint density at radius 3 is 2.53 bits per heavy atom. The van der Waals surface area contributed by atoms with Gasteiger partial charge in [-0.1, -0.05) is 24.1 Å². The fourth-order valence-corrected chi connectivity index (χ4v) is 2.10. The fraction of sp³-hybridized carbons (Fsp3) is 0.231. The molecule has 1 aromatic carbocycles. The zero-order chi connectivity index (χ0) is 12.6. The van der Waals surface area contributed by atoms with Crippen molar-refractivity contribution in [2.24, 2.45) is 0 Å². The van der Waals surface area contributed by atoms with E-state index in [1.54, 1.807) is 24.3 Å². The van der Waals surface area contributed by atoms with Gasteiger partial charge in [0.15, 0.2) is 0 Å². The summed E-state index contributed by atoms with van der Waals surface area (Å²) >= 11 is 0. The van der Waals surface area contributed by atoms with Crippen LogP contribution in [0.15, 0.2) is 24.3 Å². The fourth-order valence-electron chi connectivity index (χ4n) is 2.10. The van der Waals surface area contributed by atoms with Gasteiger partial charge in [-0.15, -0.1) is 6.42 Å². The molecule has 0 atom stereocenters. The van der Waals surface area contributed by atoms with Crippen molar-refractivity contribution in [1.29, 1.82) is 0 Å². The normalized spacial score (nSPS) is 11.7. The molecule has 0 amide bonds. The van der Waals surface area contributed by atoms with Gasteiger partial charge in [0.05, 0.1) is 6.54 Å². The molecule has 0 bridgehead atoms. The van der Waals surface area contributed by atoms with Crippen molar-refractivity contribution in [2.45, 2.75) is 19.6 Å². The summed E-state index contributed by atoms with van der Waals surface area (Å²) in [5.74, 6) is 2.26. The van der Waals surface area contributed by atoms with Crippen molar-refractivity contribution in [1.82, 2.24) is 4.57 Å². The van der Waals surface area contributed by atoms with Crippen LogP contribution in [-0.4, -0.2) is 4.57 Å². The standard InChI is InChI=1S/C13H10F3N/c1-3-8-17-11-7-5-4-6-10(11)9(2)12(17)13(14,15)16/h1,4-7H,8H2,2H3. The van der Waals surface area contributed by atoms with Gasteiger partial charge in [-0.05, 0) is 18.6 Å². The molecule has 1 heterocycles. The Hall–Kier alpha value is -1.89. The predicted octanol–water partition coefficient (Wildman–Crippen LogP) is 3.60. The number of rotatable bonds is 1. The summed E-state index contributed by atoms with van der Waals surface area (Å²) in [6, 6.07) is 6.74. The van der Waals surface area contributed by atoms with Gasteiger partial charge in [-0.2, -0.15) is 13.2 Å². The average molecular weight is 237 g/mol. The summed E-state index contributed by atoms with van der Waals surface area (Å²) in [6.07, 6.45) is 0.746. The van der Waals surface area contributed by atoms with Crippen LogP contribution in [0.5, 0.6) is 0 Å². The lowest BCUT2D eigenvalue weighted by Crippen LogP contribution is -2.14. The Balaban J connectivity index is 2.86. The van der Waals surface area contributed by atoms with Gasteiger partial charge >= 0.3 is 6.18 Å². The van der Waals surface area contributed by atoms with Crippen molar-refractivity contribution < 1.29 is 13.2 Å².